The van der Waals surface area contributed by atoms with Crippen LogP contribution in [0.15, 0.2) is 36.8 Å². The third-order valence-corrected chi connectivity index (χ3v) is 5.31. The number of imidazole rings is 1. The minimum absolute atomic E-state index is 0.115. The third kappa shape index (κ3) is 3.80. The molecule has 3 amide bonds. The molecule has 142 valence electrons. The van der Waals surface area contributed by atoms with Gasteiger partial charge in [0.2, 0.25) is 5.91 Å². The highest BCUT2D eigenvalue weighted by Crippen LogP contribution is 2.21. The summed E-state index contributed by atoms with van der Waals surface area (Å²) in [6.07, 6.45) is 5.39. The molecule has 1 saturated heterocycles. The first kappa shape index (κ1) is 17.5. The number of aromatic nitrogens is 2. The van der Waals surface area contributed by atoms with Gasteiger partial charge in [-0.1, -0.05) is 12.1 Å². The summed E-state index contributed by atoms with van der Waals surface area (Å²) in [7, 11) is 0. The van der Waals surface area contributed by atoms with Crippen molar-refractivity contribution in [2.24, 2.45) is 5.73 Å². The molecule has 2 aromatic rings. The molecule has 0 bridgehead atoms. The molecule has 8 heteroatoms. The molecule has 2 aliphatic rings. The molecular weight excluding hydrogens is 344 g/mol. The van der Waals surface area contributed by atoms with Crippen molar-refractivity contribution in [3.63, 3.8) is 0 Å². The van der Waals surface area contributed by atoms with Crippen LogP contribution < -0.4 is 11.1 Å². The Morgan fingerprint density at radius 3 is 3.00 bits per heavy atom. The molecule has 3 heterocycles. The van der Waals surface area contributed by atoms with E-state index in [-0.39, 0.29) is 18.0 Å². The van der Waals surface area contributed by atoms with Crippen LogP contribution in [0.5, 0.6) is 0 Å². The van der Waals surface area contributed by atoms with Gasteiger partial charge in [-0.25, -0.2) is 9.78 Å². The predicted octanol–water partition coefficient (Wildman–Crippen LogP) is 1.38. The lowest BCUT2D eigenvalue weighted by molar-refractivity contribution is -0.122. The van der Waals surface area contributed by atoms with Crippen LogP contribution in [0.4, 0.5) is 10.5 Å². The summed E-state index contributed by atoms with van der Waals surface area (Å²) in [6, 6.07) is 7.46. The topological polar surface area (TPSA) is 96.5 Å². The van der Waals surface area contributed by atoms with Gasteiger partial charge in [-0.3, -0.25) is 9.69 Å². The molecule has 0 spiro atoms. The number of likely N-dealkylation sites (tertiary alicyclic amines) is 1. The zero-order chi connectivity index (χ0) is 18.8. The number of benzene rings is 1. The van der Waals surface area contributed by atoms with E-state index < -0.39 is 0 Å². The Morgan fingerprint density at radius 2 is 2.15 bits per heavy atom. The van der Waals surface area contributed by atoms with Gasteiger partial charge in [-0.05, 0) is 37.1 Å². The second-order valence-corrected chi connectivity index (χ2v) is 7.16. The van der Waals surface area contributed by atoms with E-state index in [1.165, 1.54) is 0 Å². The molecule has 1 aromatic heterocycles. The van der Waals surface area contributed by atoms with Crippen molar-refractivity contribution < 1.29 is 9.59 Å². The fourth-order valence-corrected chi connectivity index (χ4v) is 3.88. The second kappa shape index (κ2) is 7.40. The van der Waals surface area contributed by atoms with E-state index in [2.05, 4.69) is 19.8 Å². The van der Waals surface area contributed by atoms with Crippen LogP contribution in [0.3, 0.4) is 0 Å². The summed E-state index contributed by atoms with van der Waals surface area (Å²) in [5.74, 6) is -0.263. The predicted molar refractivity (Wildman–Crippen MR) is 101 cm³/mol. The van der Waals surface area contributed by atoms with Crippen molar-refractivity contribution in [3.8, 4) is 0 Å². The summed E-state index contributed by atoms with van der Waals surface area (Å²) in [6.45, 7) is 3.49. The Hall–Kier alpha value is -2.87. The third-order valence-electron chi connectivity index (χ3n) is 5.31. The smallest absolute Gasteiger partial charge is 0.322 e. The van der Waals surface area contributed by atoms with Gasteiger partial charge in [0.15, 0.2) is 0 Å². The number of primary amides is 1. The van der Waals surface area contributed by atoms with Crippen molar-refractivity contribution in [1.29, 1.82) is 0 Å². The SMILES string of the molecule is NC(=O)C1CCCN1Cc1cccc(NC(=O)N2CCn3cncc3C2)c1. The van der Waals surface area contributed by atoms with Crippen molar-refractivity contribution >= 4 is 17.6 Å². The van der Waals surface area contributed by atoms with E-state index in [9.17, 15) is 9.59 Å². The lowest BCUT2D eigenvalue weighted by Crippen LogP contribution is -2.40. The quantitative estimate of drug-likeness (QED) is 0.852. The van der Waals surface area contributed by atoms with Gasteiger partial charge in [0.05, 0.1) is 24.6 Å². The largest absolute Gasteiger partial charge is 0.368 e. The summed E-state index contributed by atoms with van der Waals surface area (Å²) in [5.41, 5.74) is 8.34. The number of nitrogens with two attached hydrogens (primary N) is 1. The fraction of sp³-hybridized carbons (Fsp3) is 0.421. The second-order valence-electron chi connectivity index (χ2n) is 7.16. The maximum Gasteiger partial charge on any atom is 0.322 e. The molecule has 0 saturated carbocycles. The lowest BCUT2D eigenvalue weighted by atomic mass is 10.1. The van der Waals surface area contributed by atoms with E-state index in [4.69, 9.17) is 5.73 Å². The Bertz CT molecular complexity index is 848. The van der Waals surface area contributed by atoms with E-state index in [1.807, 2.05) is 24.3 Å². The number of amides is 3. The normalized spacial score (nSPS) is 19.7. The van der Waals surface area contributed by atoms with Gasteiger partial charge in [-0.15, -0.1) is 0 Å². The van der Waals surface area contributed by atoms with Crippen LogP contribution in [0.2, 0.25) is 0 Å². The molecule has 1 fully saturated rings. The number of urea groups is 1. The number of carbonyl (C=O) groups excluding carboxylic acids is 2. The molecule has 8 nitrogen and oxygen atoms in total. The first-order valence-corrected chi connectivity index (χ1v) is 9.27. The Morgan fingerprint density at radius 1 is 1.26 bits per heavy atom. The monoisotopic (exact) mass is 368 g/mol. The van der Waals surface area contributed by atoms with Crippen molar-refractivity contribution in [2.45, 2.75) is 38.5 Å². The van der Waals surface area contributed by atoms with Crippen LogP contribution in [0, 0.1) is 0 Å². The maximum absolute atomic E-state index is 12.6. The first-order valence-electron chi connectivity index (χ1n) is 9.27. The Labute approximate surface area is 157 Å². The maximum atomic E-state index is 12.6. The van der Waals surface area contributed by atoms with Gasteiger partial charge in [0.25, 0.3) is 0 Å². The molecule has 3 N–H and O–H groups in total. The van der Waals surface area contributed by atoms with Crippen molar-refractivity contribution in [1.82, 2.24) is 19.4 Å². The van der Waals surface area contributed by atoms with Crippen LogP contribution >= 0.6 is 0 Å². The molecule has 27 heavy (non-hydrogen) atoms. The highest BCUT2D eigenvalue weighted by Gasteiger charge is 2.28. The Kier molecular flexibility index (Phi) is 4.81. The highest BCUT2D eigenvalue weighted by atomic mass is 16.2. The number of hydrogen-bond donors (Lipinski definition) is 2. The van der Waals surface area contributed by atoms with Gasteiger partial charge in [-0.2, -0.15) is 0 Å². The number of nitrogens with one attached hydrogen (secondary N) is 1. The number of carbonyl (C=O) groups is 2. The van der Waals surface area contributed by atoms with Gasteiger partial charge < -0.3 is 20.5 Å². The van der Waals surface area contributed by atoms with E-state index in [0.717, 1.165) is 42.9 Å². The standard InChI is InChI=1S/C19H24N6O2/c20-18(26)17-5-2-6-23(17)11-14-3-1-4-15(9-14)22-19(27)24-7-8-25-13-21-10-16(25)12-24/h1,3-4,9-10,13,17H,2,5-8,11-12H2,(H2,20,26)(H,22,27). The van der Waals surface area contributed by atoms with E-state index in [1.54, 1.807) is 17.4 Å². The zero-order valence-electron chi connectivity index (χ0n) is 15.2. The molecular formula is C19H24N6O2. The van der Waals surface area contributed by atoms with Gasteiger partial charge in [0.1, 0.15) is 0 Å². The average Bonchev–Trinajstić information content (AvgIpc) is 3.30. The highest BCUT2D eigenvalue weighted by molar-refractivity contribution is 5.89. The number of anilines is 1. The summed E-state index contributed by atoms with van der Waals surface area (Å²) < 4.78 is 2.07. The molecule has 0 radical (unpaired) electrons. The lowest BCUT2D eigenvalue weighted by Gasteiger charge is -2.28. The summed E-state index contributed by atoms with van der Waals surface area (Å²) in [5, 5.41) is 2.98. The molecule has 1 aromatic carbocycles. The van der Waals surface area contributed by atoms with Crippen LogP contribution in [-0.4, -0.2) is 50.4 Å². The minimum atomic E-state index is -0.263. The minimum Gasteiger partial charge on any atom is -0.368 e. The van der Waals surface area contributed by atoms with Crippen LogP contribution in [0.1, 0.15) is 24.1 Å². The summed E-state index contributed by atoms with van der Waals surface area (Å²) in [4.78, 5) is 32.2. The summed E-state index contributed by atoms with van der Waals surface area (Å²) >= 11 is 0. The number of fused-ring (bicyclic) bond motifs is 1. The molecule has 1 atom stereocenters. The molecule has 0 aliphatic carbocycles. The van der Waals surface area contributed by atoms with E-state index >= 15 is 0 Å². The van der Waals surface area contributed by atoms with Gasteiger partial charge >= 0.3 is 6.03 Å². The fourth-order valence-electron chi connectivity index (χ4n) is 3.88. The first-order chi connectivity index (χ1) is 13.1. The number of nitrogens with zero attached hydrogens (tertiary/aromatic N) is 4. The number of hydrogen-bond acceptors (Lipinski definition) is 4. The molecule has 2 aliphatic heterocycles. The van der Waals surface area contributed by atoms with Gasteiger partial charge in [0, 0.05) is 31.5 Å². The zero-order valence-corrected chi connectivity index (χ0v) is 15.2. The Balaban J connectivity index is 1.39. The van der Waals surface area contributed by atoms with Crippen molar-refractivity contribution in [3.05, 3.63) is 48.0 Å². The van der Waals surface area contributed by atoms with Crippen LogP contribution in [0.25, 0.3) is 0 Å². The molecule has 4 rings (SSSR count). The average molecular weight is 368 g/mol. The van der Waals surface area contributed by atoms with E-state index in [0.29, 0.717) is 19.6 Å². The van der Waals surface area contributed by atoms with Crippen LogP contribution in [-0.2, 0) is 24.4 Å². The molecule has 1 unspecified atom stereocenters. The number of rotatable bonds is 4. The van der Waals surface area contributed by atoms with Crippen molar-refractivity contribution in [2.75, 3.05) is 18.4 Å².